The fourth-order valence-corrected chi connectivity index (χ4v) is 3.37. The molecule has 118 valence electrons. The second-order valence-corrected chi connectivity index (χ2v) is 6.69. The molecule has 3 aromatic rings. The van der Waals surface area contributed by atoms with Crippen LogP contribution >= 0.6 is 0 Å². The van der Waals surface area contributed by atoms with Crippen molar-refractivity contribution in [3.63, 3.8) is 0 Å². The summed E-state index contributed by atoms with van der Waals surface area (Å²) >= 11 is 0. The molecule has 1 atom stereocenters. The van der Waals surface area contributed by atoms with Gasteiger partial charge in [-0.25, -0.2) is 4.98 Å². The van der Waals surface area contributed by atoms with Crippen molar-refractivity contribution in [3.05, 3.63) is 41.7 Å². The lowest BCUT2D eigenvalue weighted by Gasteiger charge is -2.30. The number of benzene rings is 1. The van der Waals surface area contributed by atoms with Gasteiger partial charge in [0, 0.05) is 23.9 Å². The summed E-state index contributed by atoms with van der Waals surface area (Å²) in [6, 6.07) is 10.0. The van der Waals surface area contributed by atoms with E-state index in [1.54, 1.807) is 0 Å². The quantitative estimate of drug-likeness (QED) is 0.678. The Labute approximate surface area is 135 Å². The molecule has 1 aromatic carbocycles. The Bertz CT molecular complexity index is 897. The first-order valence-electron chi connectivity index (χ1n) is 8.20. The van der Waals surface area contributed by atoms with Gasteiger partial charge in [0.2, 0.25) is 5.71 Å². The molecule has 4 rings (SSSR count). The van der Waals surface area contributed by atoms with Gasteiger partial charge in [-0.2, -0.15) is 0 Å². The van der Waals surface area contributed by atoms with Crippen LogP contribution in [0.5, 0.6) is 0 Å². The van der Waals surface area contributed by atoms with Crippen molar-refractivity contribution in [1.29, 1.82) is 0 Å². The zero-order valence-electron chi connectivity index (χ0n) is 13.5. The second kappa shape index (κ2) is 5.37. The average molecular weight is 308 g/mol. The van der Waals surface area contributed by atoms with E-state index in [0.29, 0.717) is 17.4 Å². The first kappa shape index (κ1) is 14.2. The monoisotopic (exact) mass is 308 g/mol. The number of pyridine rings is 1. The molecule has 0 spiro atoms. The standard InChI is InChI=1S/C19H20N2O2/c1-12-5-6-14-9-15-10-17(23-18(15)20-16(14)8-12)19(22)21-7-3-4-13(2)11-21/h5-6,8-10,13H,3-4,7,11H2,1-2H3. The van der Waals surface area contributed by atoms with Crippen LogP contribution in [0.1, 0.15) is 35.9 Å². The Hall–Kier alpha value is -2.36. The van der Waals surface area contributed by atoms with Crippen molar-refractivity contribution in [2.45, 2.75) is 26.7 Å². The Morgan fingerprint density at radius 1 is 1.26 bits per heavy atom. The van der Waals surface area contributed by atoms with E-state index in [-0.39, 0.29) is 5.91 Å². The minimum absolute atomic E-state index is 0.0187. The van der Waals surface area contributed by atoms with Crippen LogP contribution in [0.4, 0.5) is 0 Å². The predicted octanol–water partition coefficient (Wildman–Crippen LogP) is 4.16. The van der Waals surface area contributed by atoms with Crippen LogP contribution in [0, 0.1) is 12.8 Å². The number of aromatic nitrogens is 1. The van der Waals surface area contributed by atoms with Gasteiger partial charge in [-0.3, -0.25) is 4.79 Å². The molecule has 0 saturated carbocycles. The molecule has 2 aromatic heterocycles. The minimum atomic E-state index is -0.0187. The molecule has 0 radical (unpaired) electrons. The van der Waals surface area contributed by atoms with Gasteiger partial charge < -0.3 is 9.32 Å². The highest BCUT2D eigenvalue weighted by molar-refractivity contribution is 5.98. The molecule has 3 heterocycles. The maximum Gasteiger partial charge on any atom is 0.289 e. The molecule has 4 nitrogen and oxygen atoms in total. The third-order valence-electron chi connectivity index (χ3n) is 4.61. The molecule has 0 bridgehead atoms. The van der Waals surface area contributed by atoms with E-state index >= 15 is 0 Å². The lowest BCUT2D eigenvalue weighted by atomic mass is 10.0. The summed E-state index contributed by atoms with van der Waals surface area (Å²) in [5.41, 5.74) is 2.60. The number of rotatable bonds is 1. The van der Waals surface area contributed by atoms with Crippen molar-refractivity contribution < 1.29 is 9.21 Å². The van der Waals surface area contributed by atoms with Crippen LogP contribution in [-0.2, 0) is 0 Å². The smallest absolute Gasteiger partial charge is 0.289 e. The van der Waals surface area contributed by atoms with Gasteiger partial charge >= 0.3 is 0 Å². The number of amides is 1. The van der Waals surface area contributed by atoms with E-state index in [9.17, 15) is 4.79 Å². The summed E-state index contributed by atoms with van der Waals surface area (Å²) < 4.78 is 5.76. The summed E-state index contributed by atoms with van der Waals surface area (Å²) in [5, 5.41) is 1.95. The summed E-state index contributed by atoms with van der Waals surface area (Å²) in [5.74, 6) is 0.934. The van der Waals surface area contributed by atoms with Crippen molar-refractivity contribution >= 4 is 27.9 Å². The van der Waals surface area contributed by atoms with Gasteiger partial charge in [-0.05, 0) is 49.4 Å². The van der Waals surface area contributed by atoms with Gasteiger partial charge in [0.05, 0.1) is 5.52 Å². The molecule has 1 unspecified atom stereocenters. The highest BCUT2D eigenvalue weighted by Crippen LogP contribution is 2.25. The van der Waals surface area contributed by atoms with Crippen LogP contribution in [0.25, 0.3) is 22.0 Å². The molecule has 4 heteroatoms. The topological polar surface area (TPSA) is 46.3 Å². The number of fused-ring (bicyclic) bond motifs is 2. The Balaban J connectivity index is 1.73. The fourth-order valence-electron chi connectivity index (χ4n) is 3.37. The minimum Gasteiger partial charge on any atom is -0.433 e. The van der Waals surface area contributed by atoms with Crippen LogP contribution < -0.4 is 0 Å². The van der Waals surface area contributed by atoms with Crippen LogP contribution in [0.2, 0.25) is 0 Å². The average Bonchev–Trinajstić information content (AvgIpc) is 2.94. The van der Waals surface area contributed by atoms with Crippen molar-refractivity contribution in [3.8, 4) is 0 Å². The van der Waals surface area contributed by atoms with Gasteiger partial charge in [0.15, 0.2) is 5.76 Å². The van der Waals surface area contributed by atoms with Gasteiger partial charge in [0.25, 0.3) is 5.91 Å². The molecule has 0 N–H and O–H groups in total. The van der Waals surface area contributed by atoms with Crippen molar-refractivity contribution in [2.75, 3.05) is 13.1 Å². The predicted molar refractivity (Wildman–Crippen MR) is 90.6 cm³/mol. The summed E-state index contributed by atoms with van der Waals surface area (Å²) in [6.07, 6.45) is 2.25. The number of aryl methyl sites for hydroxylation is 1. The number of carbonyl (C=O) groups excluding carboxylic acids is 1. The SMILES string of the molecule is Cc1ccc2cc3cc(C(=O)N4CCCC(C)C4)oc3nc2c1. The number of carbonyl (C=O) groups is 1. The Kier molecular flexibility index (Phi) is 3.33. The summed E-state index contributed by atoms with van der Waals surface area (Å²) in [7, 11) is 0. The van der Waals surface area contributed by atoms with Crippen LogP contribution in [0.3, 0.4) is 0 Å². The van der Waals surface area contributed by atoms with Crippen molar-refractivity contribution in [1.82, 2.24) is 9.88 Å². The molecule has 1 saturated heterocycles. The van der Waals surface area contributed by atoms with E-state index in [2.05, 4.69) is 24.0 Å². The number of likely N-dealkylation sites (tertiary alicyclic amines) is 1. The zero-order valence-corrected chi connectivity index (χ0v) is 13.5. The molecule has 23 heavy (non-hydrogen) atoms. The molecular weight excluding hydrogens is 288 g/mol. The number of nitrogens with zero attached hydrogens (tertiary/aromatic N) is 2. The molecule has 1 aliphatic rings. The molecule has 0 aliphatic carbocycles. The summed E-state index contributed by atoms with van der Waals surface area (Å²) in [4.78, 5) is 19.1. The maximum atomic E-state index is 12.7. The largest absolute Gasteiger partial charge is 0.433 e. The Morgan fingerprint density at radius 3 is 2.96 bits per heavy atom. The Morgan fingerprint density at radius 2 is 2.13 bits per heavy atom. The van der Waals surface area contributed by atoms with Crippen molar-refractivity contribution in [2.24, 2.45) is 5.92 Å². The van der Waals surface area contributed by atoms with Crippen LogP contribution in [-0.4, -0.2) is 28.9 Å². The number of hydrogen-bond donors (Lipinski definition) is 0. The first-order valence-corrected chi connectivity index (χ1v) is 8.20. The van der Waals surface area contributed by atoms with Gasteiger partial charge in [-0.1, -0.05) is 19.1 Å². The summed E-state index contributed by atoms with van der Waals surface area (Å²) in [6.45, 7) is 5.86. The molecule has 1 fully saturated rings. The third kappa shape index (κ3) is 2.58. The zero-order chi connectivity index (χ0) is 16.0. The highest BCUT2D eigenvalue weighted by Gasteiger charge is 2.24. The number of hydrogen-bond acceptors (Lipinski definition) is 3. The lowest BCUT2D eigenvalue weighted by Crippen LogP contribution is -2.38. The van der Waals surface area contributed by atoms with Crippen LogP contribution in [0.15, 0.2) is 34.7 Å². The van der Waals surface area contributed by atoms with Gasteiger partial charge in [0.1, 0.15) is 0 Å². The highest BCUT2D eigenvalue weighted by atomic mass is 16.4. The fraction of sp³-hybridized carbons (Fsp3) is 0.368. The number of piperidine rings is 1. The van der Waals surface area contributed by atoms with E-state index in [1.807, 2.05) is 30.0 Å². The van der Waals surface area contributed by atoms with Gasteiger partial charge in [-0.15, -0.1) is 0 Å². The van der Waals surface area contributed by atoms with E-state index < -0.39 is 0 Å². The lowest BCUT2D eigenvalue weighted by molar-refractivity contribution is 0.0653. The van der Waals surface area contributed by atoms with E-state index in [0.717, 1.165) is 41.4 Å². The van der Waals surface area contributed by atoms with E-state index in [4.69, 9.17) is 4.42 Å². The normalized spacial score (nSPS) is 18.7. The molecule has 1 aliphatic heterocycles. The molecule has 1 amide bonds. The third-order valence-corrected chi connectivity index (χ3v) is 4.61. The molecular formula is C19H20N2O2. The second-order valence-electron chi connectivity index (χ2n) is 6.69. The number of furan rings is 1. The first-order chi connectivity index (χ1) is 11.1. The van der Waals surface area contributed by atoms with E-state index in [1.165, 1.54) is 6.42 Å². The maximum absolute atomic E-state index is 12.7.